The van der Waals surface area contributed by atoms with Crippen molar-refractivity contribution < 1.29 is 18.0 Å². The number of hydrogen-bond donors (Lipinski definition) is 1. The van der Waals surface area contributed by atoms with Gasteiger partial charge in [-0.15, -0.1) is 21.5 Å². The first-order valence-electron chi connectivity index (χ1n) is 8.25. The number of halogens is 3. The summed E-state index contributed by atoms with van der Waals surface area (Å²) in [6.07, 6.45) is 4.03. The molecule has 0 aliphatic carbocycles. The van der Waals surface area contributed by atoms with Crippen molar-refractivity contribution in [2.24, 2.45) is 0 Å². The molecule has 0 spiro atoms. The summed E-state index contributed by atoms with van der Waals surface area (Å²) in [4.78, 5) is 16.4. The van der Waals surface area contributed by atoms with Gasteiger partial charge in [0, 0.05) is 17.8 Å². The average Bonchev–Trinajstić information content (AvgIpc) is 3.44. The first kappa shape index (κ1) is 19.2. The summed E-state index contributed by atoms with van der Waals surface area (Å²) >= 11 is 2.42. The molecule has 12 heteroatoms. The lowest BCUT2D eigenvalue weighted by Crippen LogP contribution is -2.16. The maximum Gasteiger partial charge on any atom is 0.263 e. The number of rotatable bonds is 5. The van der Waals surface area contributed by atoms with Crippen molar-refractivity contribution in [3.63, 3.8) is 0 Å². The Kier molecular flexibility index (Phi) is 5.11. The van der Waals surface area contributed by atoms with Gasteiger partial charge in [0.2, 0.25) is 10.3 Å². The summed E-state index contributed by atoms with van der Waals surface area (Å²) in [7, 11) is 0. The van der Waals surface area contributed by atoms with E-state index in [-0.39, 0.29) is 5.13 Å². The van der Waals surface area contributed by atoms with Gasteiger partial charge in [0.15, 0.2) is 16.6 Å². The Bertz CT molecular complexity index is 1190. The highest BCUT2D eigenvalue weighted by Crippen LogP contribution is 2.30. The van der Waals surface area contributed by atoms with Crippen molar-refractivity contribution in [3.8, 4) is 15.7 Å². The van der Waals surface area contributed by atoms with Crippen LogP contribution in [0.4, 0.5) is 18.3 Å². The number of thiazole rings is 1. The number of amides is 1. The molecule has 4 rings (SSSR count). The molecule has 0 aliphatic heterocycles. The predicted molar refractivity (Wildman–Crippen MR) is 102 cm³/mol. The Hall–Kier alpha value is -3.12. The zero-order valence-corrected chi connectivity index (χ0v) is 16.3. The molecular weight excluding hydrogens is 425 g/mol. The van der Waals surface area contributed by atoms with E-state index in [2.05, 4.69) is 25.6 Å². The largest absolute Gasteiger partial charge is 0.296 e. The molecule has 1 amide bonds. The maximum absolute atomic E-state index is 13.8. The molecule has 1 aromatic carbocycles. The van der Waals surface area contributed by atoms with Crippen LogP contribution in [0.15, 0.2) is 29.9 Å². The number of benzene rings is 1. The molecule has 0 radical (unpaired) electrons. The van der Waals surface area contributed by atoms with Gasteiger partial charge in [-0.2, -0.15) is 5.10 Å². The zero-order chi connectivity index (χ0) is 20.5. The van der Waals surface area contributed by atoms with E-state index in [0.29, 0.717) is 34.3 Å². The quantitative estimate of drug-likeness (QED) is 0.477. The molecule has 0 atom stereocenters. The van der Waals surface area contributed by atoms with Crippen LogP contribution in [0.25, 0.3) is 15.7 Å². The number of hydrogen-bond acceptors (Lipinski definition) is 7. The average molecular weight is 436 g/mol. The highest BCUT2D eigenvalue weighted by Gasteiger charge is 2.23. The van der Waals surface area contributed by atoms with E-state index in [9.17, 15) is 18.0 Å². The van der Waals surface area contributed by atoms with Gasteiger partial charge in [0.25, 0.3) is 5.91 Å². The molecule has 0 fully saturated rings. The molecule has 0 saturated carbocycles. The maximum atomic E-state index is 13.8. The highest BCUT2D eigenvalue weighted by molar-refractivity contribution is 7.18. The Labute approximate surface area is 169 Å². The first-order chi connectivity index (χ1) is 14.0. The lowest BCUT2D eigenvalue weighted by molar-refractivity contribution is 0.101. The minimum atomic E-state index is -1.56. The Morgan fingerprint density at radius 2 is 2.00 bits per heavy atom. The molecule has 148 valence electrons. The second-order valence-corrected chi connectivity index (χ2v) is 7.54. The second-order valence-electron chi connectivity index (χ2n) is 5.69. The predicted octanol–water partition coefficient (Wildman–Crippen LogP) is 4.08. The van der Waals surface area contributed by atoms with Gasteiger partial charge in [0.05, 0.1) is 11.3 Å². The topological polar surface area (TPSA) is 85.6 Å². The van der Waals surface area contributed by atoms with Crippen molar-refractivity contribution in [1.82, 2.24) is 25.0 Å². The third-order valence-corrected chi connectivity index (χ3v) is 5.52. The van der Waals surface area contributed by atoms with E-state index < -0.39 is 28.9 Å². The molecule has 4 aromatic rings. The molecule has 0 unspecified atom stereocenters. The van der Waals surface area contributed by atoms with Crippen molar-refractivity contribution in [2.45, 2.75) is 13.3 Å². The smallest absolute Gasteiger partial charge is 0.263 e. The zero-order valence-electron chi connectivity index (χ0n) is 14.7. The van der Waals surface area contributed by atoms with E-state index in [1.165, 1.54) is 11.3 Å². The third-order valence-electron chi connectivity index (χ3n) is 3.89. The Morgan fingerprint density at radius 1 is 1.21 bits per heavy atom. The number of carbonyl (C=O) groups excluding carboxylic acids is 1. The molecule has 0 aliphatic rings. The number of carbonyl (C=O) groups is 1. The summed E-state index contributed by atoms with van der Waals surface area (Å²) in [5.41, 5.74) is 0.424. The van der Waals surface area contributed by atoms with Crippen LogP contribution in [0.1, 0.15) is 23.0 Å². The van der Waals surface area contributed by atoms with Gasteiger partial charge in [-0.1, -0.05) is 18.3 Å². The van der Waals surface area contributed by atoms with Crippen LogP contribution in [-0.4, -0.2) is 30.9 Å². The van der Waals surface area contributed by atoms with Gasteiger partial charge in [0.1, 0.15) is 11.4 Å². The first-order valence-corrected chi connectivity index (χ1v) is 9.94. The molecule has 7 nitrogen and oxygen atoms in total. The van der Waals surface area contributed by atoms with E-state index in [1.807, 2.05) is 12.3 Å². The normalized spacial score (nSPS) is 11.0. The van der Waals surface area contributed by atoms with Gasteiger partial charge in [-0.25, -0.2) is 22.8 Å². The number of anilines is 1. The molecule has 0 bridgehead atoms. The lowest BCUT2D eigenvalue weighted by Gasteiger charge is -2.04. The lowest BCUT2D eigenvalue weighted by atomic mass is 10.2. The van der Waals surface area contributed by atoms with Crippen molar-refractivity contribution in [1.29, 1.82) is 0 Å². The molecule has 29 heavy (non-hydrogen) atoms. The van der Waals surface area contributed by atoms with E-state index in [4.69, 9.17) is 0 Å². The standard InChI is InChI=1S/C17H11F3N6OS2/c1-2-11-8(7-26(25-11)17-21-5-6-28-17)15-23-24-16(29-15)22-14(27)12-9(18)3-4-10(19)13(12)20/h3-7H,2H2,1H3,(H,22,24,27). The monoisotopic (exact) mass is 436 g/mol. The van der Waals surface area contributed by atoms with Crippen LogP contribution in [0.2, 0.25) is 0 Å². The highest BCUT2D eigenvalue weighted by atomic mass is 32.1. The summed E-state index contributed by atoms with van der Waals surface area (Å²) in [6, 6.07) is 1.29. The molecular formula is C17H11F3N6OS2. The summed E-state index contributed by atoms with van der Waals surface area (Å²) in [6.45, 7) is 1.93. The molecule has 0 saturated heterocycles. The SMILES string of the molecule is CCc1nn(-c2nccs2)cc1-c1nnc(NC(=O)c2c(F)ccc(F)c2F)s1. The van der Waals surface area contributed by atoms with Crippen molar-refractivity contribution >= 4 is 33.7 Å². The summed E-state index contributed by atoms with van der Waals surface area (Å²) in [5, 5.41) is 17.6. The van der Waals surface area contributed by atoms with Crippen LogP contribution in [-0.2, 0) is 6.42 Å². The van der Waals surface area contributed by atoms with Crippen molar-refractivity contribution in [2.75, 3.05) is 5.32 Å². The third kappa shape index (κ3) is 3.63. The fourth-order valence-electron chi connectivity index (χ4n) is 2.55. The Balaban J connectivity index is 1.61. The van der Waals surface area contributed by atoms with Crippen LogP contribution < -0.4 is 5.32 Å². The molecule has 3 heterocycles. The fraction of sp³-hybridized carbons (Fsp3) is 0.118. The number of nitrogens with zero attached hydrogens (tertiary/aromatic N) is 5. The van der Waals surface area contributed by atoms with E-state index >= 15 is 0 Å². The minimum Gasteiger partial charge on any atom is -0.296 e. The van der Waals surface area contributed by atoms with Crippen LogP contribution in [0, 0.1) is 17.5 Å². The van der Waals surface area contributed by atoms with Crippen LogP contribution in [0.3, 0.4) is 0 Å². The van der Waals surface area contributed by atoms with Crippen molar-refractivity contribution in [3.05, 3.63) is 58.6 Å². The summed E-state index contributed by atoms with van der Waals surface area (Å²) in [5.74, 6) is -5.22. The van der Waals surface area contributed by atoms with Gasteiger partial charge < -0.3 is 0 Å². The van der Waals surface area contributed by atoms with Gasteiger partial charge >= 0.3 is 0 Å². The van der Waals surface area contributed by atoms with Gasteiger partial charge in [-0.05, 0) is 18.6 Å². The van der Waals surface area contributed by atoms with Gasteiger partial charge in [-0.3, -0.25) is 10.1 Å². The number of aromatic nitrogens is 5. The minimum absolute atomic E-state index is 0.0112. The molecule has 1 N–H and O–H groups in total. The molecule has 3 aromatic heterocycles. The second kappa shape index (κ2) is 7.72. The van der Waals surface area contributed by atoms with Crippen LogP contribution >= 0.6 is 22.7 Å². The van der Waals surface area contributed by atoms with E-state index in [1.54, 1.807) is 17.1 Å². The Morgan fingerprint density at radius 3 is 2.72 bits per heavy atom. The number of aryl methyl sites for hydroxylation is 1. The number of nitrogens with one attached hydrogen (secondary N) is 1. The fourth-order valence-corrected chi connectivity index (χ4v) is 3.89. The summed E-state index contributed by atoms with van der Waals surface area (Å²) < 4.78 is 42.5. The van der Waals surface area contributed by atoms with E-state index in [0.717, 1.165) is 17.0 Å². The van der Waals surface area contributed by atoms with Crippen LogP contribution in [0.5, 0.6) is 0 Å².